The van der Waals surface area contributed by atoms with Crippen LogP contribution in [0.15, 0.2) is 84.0 Å². The lowest BCUT2D eigenvalue weighted by Gasteiger charge is -2.09. The van der Waals surface area contributed by atoms with Crippen LogP contribution < -0.4 is 5.43 Å². The molecule has 0 atom stereocenters. The summed E-state index contributed by atoms with van der Waals surface area (Å²) in [5, 5.41) is 13.9. The molecule has 0 spiro atoms. The smallest absolute Gasteiger partial charge is 0.123 e. The first kappa shape index (κ1) is 14.8. The van der Waals surface area contributed by atoms with Gasteiger partial charge in [-0.2, -0.15) is 5.10 Å². The molecule has 0 aliphatic carbocycles. The molecule has 114 valence electrons. The minimum atomic E-state index is -0.296. The first-order chi connectivity index (χ1) is 11.2. The van der Waals surface area contributed by atoms with Crippen LogP contribution in [0.1, 0.15) is 11.1 Å². The molecule has 0 heterocycles. The van der Waals surface area contributed by atoms with Gasteiger partial charge in [-0.25, -0.2) is 4.39 Å². The summed E-state index contributed by atoms with van der Waals surface area (Å²) in [6.45, 7) is 0. The average Bonchev–Trinajstić information content (AvgIpc) is 2.59. The Balaban J connectivity index is 1.99. The van der Waals surface area contributed by atoms with Crippen molar-refractivity contribution in [3.05, 3.63) is 95.8 Å². The van der Waals surface area contributed by atoms with Crippen molar-refractivity contribution < 1.29 is 9.50 Å². The van der Waals surface area contributed by atoms with Crippen molar-refractivity contribution in [1.29, 1.82) is 0 Å². The number of phenols is 1. The second-order valence-electron chi connectivity index (χ2n) is 4.99. The SMILES string of the molecule is Oc1ccc(/C(=N\Nc2ccccc2)c2ccc(F)cc2)cc1. The van der Waals surface area contributed by atoms with E-state index in [9.17, 15) is 9.50 Å². The minimum absolute atomic E-state index is 0.184. The Morgan fingerprint density at radius 2 is 1.35 bits per heavy atom. The van der Waals surface area contributed by atoms with Crippen LogP contribution in [0.25, 0.3) is 0 Å². The Bertz CT molecular complexity index is 750. The summed E-state index contributed by atoms with van der Waals surface area (Å²) in [4.78, 5) is 0. The van der Waals surface area contributed by atoms with Crippen molar-refractivity contribution in [2.45, 2.75) is 0 Å². The van der Waals surface area contributed by atoms with Crippen LogP contribution in [0, 0.1) is 5.82 Å². The molecule has 0 fully saturated rings. The maximum absolute atomic E-state index is 13.2. The lowest BCUT2D eigenvalue weighted by molar-refractivity contribution is 0.475. The monoisotopic (exact) mass is 306 g/mol. The highest BCUT2D eigenvalue weighted by molar-refractivity contribution is 6.13. The lowest BCUT2D eigenvalue weighted by atomic mass is 10.0. The van der Waals surface area contributed by atoms with Gasteiger partial charge in [0.05, 0.1) is 11.4 Å². The van der Waals surface area contributed by atoms with Crippen molar-refractivity contribution in [1.82, 2.24) is 0 Å². The fourth-order valence-electron chi connectivity index (χ4n) is 2.16. The van der Waals surface area contributed by atoms with E-state index in [4.69, 9.17) is 0 Å². The van der Waals surface area contributed by atoms with Crippen LogP contribution >= 0.6 is 0 Å². The zero-order chi connectivity index (χ0) is 16.1. The molecule has 0 radical (unpaired) electrons. The molecule has 4 heteroatoms. The van der Waals surface area contributed by atoms with Crippen molar-refractivity contribution in [2.75, 3.05) is 5.43 Å². The van der Waals surface area contributed by atoms with Crippen molar-refractivity contribution in [3.8, 4) is 5.75 Å². The van der Waals surface area contributed by atoms with E-state index in [2.05, 4.69) is 10.5 Å². The molecular formula is C19H15FN2O. The molecule has 3 nitrogen and oxygen atoms in total. The first-order valence-electron chi connectivity index (χ1n) is 7.16. The fraction of sp³-hybridized carbons (Fsp3) is 0. The number of phenolic OH excluding ortho intramolecular Hbond substituents is 1. The lowest BCUT2D eigenvalue weighted by Crippen LogP contribution is -2.06. The maximum atomic E-state index is 13.2. The van der Waals surface area contributed by atoms with Gasteiger partial charge in [-0.15, -0.1) is 0 Å². The molecule has 0 aliphatic rings. The van der Waals surface area contributed by atoms with E-state index < -0.39 is 0 Å². The molecule has 0 saturated heterocycles. The third kappa shape index (κ3) is 3.74. The van der Waals surface area contributed by atoms with Crippen LogP contribution in [0.4, 0.5) is 10.1 Å². The van der Waals surface area contributed by atoms with Crippen molar-refractivity contribution >= 4 is 11.4 Å². The molecule has 0 amide bonds. The number of hydrogen-bond acceptors (Lipinski definition) is 3. The third-order valence-electron chi connectivity index (χ3n) is 3.33. The van der Waals surface area contributed by atoms with Crippen LogP contribution in [0.2, 0.25) is 0 Å². The van der Waals surface area contributed by atoms with Gasteiger partial charge in [0.1, 0.15) is 11.6 Å². The summed E-state index contributed by atoms with van der Waals surface area (Å²) in [6, 6.07) is 22.4. The normalized spacial score (nSPS) is 11.3. The molecule has 0 aliphatic heterocycles. The number of para-hydroxylation sites is 1. The van der Waals surface area contributed by atoms with Gasteiger partial charge in [0.2, 0.25) is 0 Å². The highest BCUT2D eigenvalue weighted by atomic mass is 19.1. The van der Waals surface area contributed by atoms with E-state index in [0.29, 0.717) is 5.71 Å². The number of anilines is 1. The number of nitrogens with zero attached hydrogens (tertiary/aromatic N) is 1. The van der Waals surface area contributed by atoms with E-state index in [1.807, 2.05) is 30.3 Å². The number of halogens is 1. The van der Waals surface area contributed by atoms with Gasteiger partial charge in [0, 0.05) is 11.1 Å². The molecule has 3 aromatic rings. The van der Waals surface area contributed by atoms with Gasteiger partial charge < -0.3 is 5.11 Å². The Morgan fingerprint density at radius 3 is 1.96 bits per heavy atom. The van der Waals surface area contributed by atoms with Crippen LogP contribution in [-0.2, 0) is 0 Å². The highest BCUT2D eigenvalue weighted by Gasteiger charge is 2.08. The zero-order valence-electron chi connectivity index (χ0n) is 12.3. The van der Waals surface area contributed by atoms with Crippen LogP contribution in [-0.4, -0.2) is 10.8 Å². The van der Waals surface area contributed by atoms with E-state index in [1.54, 1.807) is 36.4 Å². The standard InChI is InChI=1S/C19H15FN2O/c20-16-10-6-14(7-11-16)19(15-8-12-18(23)13-9-15)22-21-17-4-2-1-3-5-17/h1-13,21,23H/b22-19-. The van der Waals surface area contributed by atoms with Gasteiger partial charge in [0.25, 0.3) is 0 Å². The average molecular weight is 306 g/mol. The predicted octanol–water partition coefficient (Wildman–Crippen LogP) is 4.40. The quantitative estimate of drug-likeness (QED) is 0.554. The number of benzene rings is 3. The second kappa shape index (κ2) is 6.75. The summed E-state index contributed by atoms with van der Waals surface area (Å²) in [5.41, 5.74) is 6.11. The molecule has 2 N–H and O–H groups in total. The zero-order valence-corrected chi connectivity index (χ0v) is 12.3. The minimum Gasteiger partial charge on any atom is -0.508 e. The summed E-state index contributed by atoms with van der Waals surface area (Å²) >= 11 is 0. The van der Waals surface area contributed by atoms with E-state index in [0.717, 1.165) is 16.8 Å². The van der Waals surface area contributed by atoms with Gasteiger partial charge in [-0.3, -0.25) is 5.43 Å². The molecule has 3 aromatic carbocycles. The number of hydrazone groups is 1. The predicted molar refractivity (Wildman–Crippen MR) is 90.2 cm³/mol. The van der Waals surface area contributed by atoms with Crippen LogP contribution in [0.3, 0.4) is 0 Å². The number of aromatic hydroxyl groups is 1. The topological polar surface area (TPSA) is 44.6 Å². The van der Waals surface area contributed by atoms with Gasteiger partial charge in [0.15, 0.2) is 0 Å². The number of nitrogens with one attached hydrogen (secondary N) is 1. The molecule has 0 aromatic heterocycles. The number of rotatable bonds is 4. The first-order valence-corrected chi connectivity index (χ1v) is 7.16. The molecule has 0 bridgehead atoms. The fourth-order valence-corrected chi connectivity index (χ4v) is 2.16. The molecule has 3 rings (SSSR count). The molecule has 23 heavy (non-hydrogen) atoms. The van der Waals surface area contributed by atoms with Crippen LogP contribution in [0.5, 0.6) is 5.75 Å². The Morgan fingerprint density at radius 1 is 0.783 bits per heavy atom. The van der Waals surface area contributed by atoms with Gasteiger partial charge in [-0.1, -0.05) is 18.2 Å². The number of hydrogen-bond donors (Lipinski definition) is 2. The van der Waals surface area contributed by atoms with Gasteiger partial charge in [-0.05, 0) is 60.7 Å². The molecular weight excluding hydrogens is 291 g/mol. The summed E-state index contributed by atoms with van der Waals surface area (Å²) in [7, 11) is 0. The van der Waals surface area contributed by atoms with Gasteiger partial charge >= 0.3 is 0 Å². The van der Waals surface area contributed by atoms with E-state index >= 15 is 0 Å². The summed E-state index contributed by atoms with van der Waals surface area (Å²) < 4.78 is 13.2. The summed E-state index contributed by atoms with van der Waals surface area (Å²) in [5.74, 6) is -0.113. The van der Waals surface area contributed by atoms with Crippen molar-refractivity contribution in [3.63, 3.8) is 0 Å². The van der Waals surface area contributed by atoms with E-state index in [-0.39, 0.29) is 11.6 Å². The third-order valence-corrected chi connectivity index (χ3v) is 3.33. The largest absolute Gasteiger partial charge is 0.508 e. The molecule has 0 saturated carbocycles. The Hall–Kier alpha value is -3.14. The maximum Gasteiger partial charge on any atom is 0.123 e. The Kier molecular flexibility index (Phi) is 4.34. The highest BCUT2D eigenvalue weighted by Crippen LogP contribution is 2.16. The van der Waals surface area contributed by atoms with E-state index in [1.165, 1.54) is 12.1 Å². The van der Waals surface area contributed by atoms with Crippen molar-refractivity contribution in [2.24, 2.45) is 5.10 Å². The second-order valence-corrected chi connectivity index (χ2v) is 4.99. The molecule has 0 unspecified atom stereocenters. The Labute approximate surface area is 133 Å². The summed E-state index contributed by atoms with van der Waals surface area (Å²) in [6.07, 6.45) is 0.